The molecule has 1 aliphatic carbocycles. The zero-order chi connectivity index (χ0) is 19.3. The zero-order valence-electron chi connectivity index (χ0n) is 16.6. The number of nitrogens with zero attached hydrogens (tertiary/aromatic N) is 5. The Bertz CT molecular complexity index is 1020. The molecule has 3 aromatic rings. The quantitative estimate of drug-likeness (QED) is 0.741. The van der Waals surface area contributed by atoms with Gasteiger partial charge < -0.3 is 5.32 Å². The Balaban J connectivity index is 1.81. The zero-order valence-corrected chi connectivity index (χ0v) is 16.6. The van der Waals surface area contributed by atoms with Gasteiger partial charge in [0, 0.05) is 30.4 Å². The summed E-state index contributed by atoms with van der Waals surface area (Å²) in [7, 11) is 0. The van der Waals surface area contributed by atoms with Crippen LogP contribution in [0.25, 0.3) is 11.0 Å². The molecule has 4 rings (SSSR count). The number of aryl methyl sites for hydroxylation is 3. The molecular formula is C20H26N6O. The Hall–Kier alpha value is -2.70. The first-order valence-electron chi connectivity index (χ1n) is 9.64. The third-order valence-corrected chi connectivity index (χ3v) is 5.10. The van der Waals surface area contributed by atoms with Crippen molar-refractivity contribution in [2.24, 2.45) is 0 Å². The summed E-state index contributed by atoms with van der Waals surface area (Å²) in [5.41, 5.74) is 4.84. The van der Waals surface area contributed by atoms with Crippen LogP contribution in [-0.4, -0.2) is 30.5 Å². The highest BCUT2D eigenvalue weighted by Gasteiger charge is 2.29. The number of hydrogen-bond donors (Lipinski definition) is 1. The van der Waals surface area contributed by atoms with Gasteiger partial charge in [0.15, 0.2) is 5.65 Å². The number of aromatic nitrogens is 5. The van der Waals surface area contributed by atoms with E-state index in [1.165, 1.54) is 0 Å². The van der Waals surface area contributed by atoms with Crippen molar-refractivity contribution in [2.75, 3.05) is 5.32 Å². The predicted octanol–water partition coefficient (Wildman–Crippen LogP) is 3.98. The fourth-order valence-electron chi connectivity index (χ4n) is 3.45. The average Bonchev–Trinajstić information content (AvgIpc) is 3.35. The largest absolute Gasteiger partial charge is 0.319 e. The monoisotopic (exact) mass is 366 g/mol. The summed E-state index contributed by atoms with van der Waals surface area (Å²) in [5.74, 6) is 0.329. The van der Waals surface area contributed by atoms with Crippen LogP contribution in [-0.2, 0) is 6.54 Å². The highest BCUT2D eigenvalue weighted by Crippen LogP contribution is 2.40. The van der Waals surface area contributed by atoms with Gasteiger partial charge in [-0.15, -0.1) is 0 Å². The maximum absolute atomic E-state index is 13.2. The number of rotatable bonds is 5. The molecule has 0 bridgehead atoms. The Morgan fingerprint density at radius 2 is 2.00 bits per heavy atom. The average molecular weight is 366 g/mol. The van der Waals surface area contributed by atoms with Gasteiger partial charge in [-0.2, -0.15) is 10.2 Å². The minimum Gasteiger partial charge on any atom is -0.319 e. The molecule has 3 aromatic heterocycles. The Labute approximate surface area is 158 Å². The predicted molar refractivity (Wildman–Crippen MR) is 105 cm³/mol. The van der Waals surface area contributed by atoms with Gasteiger partial charge in [-0.3, -0.25) is 9.48 Å². The lowest BCUT2D eigenvalue weighted by Crippen LogP contribution is -2.14. The van der Waals surface area contributed by atoms with Crippen LogP contribution in [0.5, 0.6) is 0 Å². The van der Waals surface area contributed by atoms with Crippen molar-refractivity contribution < 1.29 is 4.79 Å². The lowest BCUT2D eigenvalue weighted by molar-refractivity contribution is 0.102. The first-order valence-corrected chi connectivity index (χ1v) is 9.64. The fraction of sp³-hybridized carbons (Fsp3) is 0.500. The Kier molecular flexibility index (Phi) is 4.25. The van der Waals surface area contributed by atoms with Crippen LogP contribution in [0.2, 0.25) is 0 Å². The van der Waals surface area contributed by atoms with Crippen LogP contribution < -0.4 is 5.32 Å². The topological polar surface area (TPSA) is 77.6 Å². The molecule has 0 radical (unpaired) electrons. The molecule has 0 aromatic carbocycles. The smallest absolute Gasteiger partial charge is 0.256 e. The number of amides is 1. The molecule has 0 aliphatic heterocycles. The van der Waals surface area contributed by atoms with Gasteiger partial charge in [-0.05, 0) is 53.5 Å². The van der Waals surface area contributed by atoms with Crippen molar-refractivity contribution >= 4 is 22.6 Å². The Morgan fingerprint density at radius 1 is 1.26 bits per heavy atom. The molecule has 0 atom stereocenters. The van der Waals surface area contributed by atoms with Crippen molar-refractivity contribution in [3.05, 3.63) is 34.9 Å². The van der Waals surface area contributed by atoms with Gasteiger partial charge in [0.1, 0.15) is 0 Å². The minimum atomic E-state index is -0.130. The third kappa shape index (κ3) is 3.11. The van der Waals surface area contributed by atoms with Gasteiger partial charge in [-0.1, -0.05) is 0 Å². The van der Waals surface area contributed by atoms with E-state index in [4.69, 9.17) is 4.98 Å². The number of hydrogen-bond acceptors (Lipinski definition) is 4. The standard InChI is InChI=1S/C20H26N6O/c1-6-25-10-17(12(4)23-25)22-20(27)15-9-16(14-7-8-14)21-19-18(15)13(5)24-26(19)11(2)3/h9-11,14H,6-8H2,1-5H3,(H,22,27). The van der Waals surface area contributed by atoms with E-state index in [0.717, 1.165) is 53.2 Å². The normalized spacial score (nSPS) is 14.3. The maximum Gasteiger partial charge on any atom is 0.256 e. The lowest BCUT2D eigenvalue weighted by atomic mass is 10.1. The van der Waals surface area contributed by atoms with Crippen LogP contribution in [0.1, 0.15) is 73.0 Å². The molecule has 0 spiro atoms. The number of pyridine rings is 1. The van der Waals surface area contributed by atoms with Gasteiger partial charge >= 0.3 is 0 Å². The van der Waals surface area contributed by atoms with E-state index < -0.39 is 0 Å². The molecule has 1 saturated carbocycles. The highest BCUT2D eigenvalue weighted by atomic mass is 16.1. The summed E-state index contributed by atoms with van der Waals surface area (Å²) >= 11 is 0. The van der Waals surface area contributed by atoms with E-state index in [-0.39, 0.29) is 11.9 Å². The van der Waals surface area contributed by atoms with Crippen molar-refractivity contribution in [3.8, 4) is 0 Å². The molecule has 7 nitrogen and oxygen atoms in total. The van der Waals surface area contributed by atoms with E-state index in [1.54, 1.807) is 0 Å². The van der Waals surface area contributed by atoms with Crippen molar-refractivity contribution in [2.45, 2.75) is 66.0 Å². The molecule has 0 saturated heterocycles. The molecule has 142 valence electrons. The van der Waals surface area contributed by atoms with E-state index in [1.807, 2.05) is 42.4 Å². The summed E-state index contributed by atoms with van der Waals surface area (Å²) in [6.45, 7) is 10.8. The minimum absolute atomic E-state index is 0.130. The van der Waals surface area contributed by atoms with Crippen molar-refractivity contribution in [1.29, 1.82) is 0 Å². The highest BCUT2D eigenvalue weighted by molar-refractivity contribution is 6.12. The summed E-state index contributed by atoms with van der Waals surface area (Å²) in [6, 6.07) is 2.14. The number of carbonyl (C=O) groups is 1. The van der Waals surface area contributed by atoms with Crippen LogP contribution >= 0.6 is 0 Å². The van der Waals surface area contributed by atoms with E-state index in [9.17, 15) is 4.79 Å². The number of nitrogens with one attached hydrogen (secondary N) is 1. The van der Waals surface area contributed by atoms with E-state index in [0.29, 0.717) is 11.5 Å². The van der Waals surface area contributed by atoms with Crippen LogP contribution in [0, 0.1) is 13.8 Å². The molecule has 1 amide bonds. The number of fused-ring (bicyclic) bond motifs is 1. The maximum atomic E-state index is 13.2. The second-order valence-corrected chi connectivity index (χ2v) is 7.63. The van der Waals surface area contributed by atoms with E-state index >= 15 is 0 Å². The fourth-order valence-corrected chi connectivity index (χ4v) is 3.45. The summed E-state index contributed by atoms with van der Waals surface area (Å²) in [5, 5.41) is 12.9. The second kappa shape index (κ2) is 6.48. The number of carbonyl (C=O) groups excluding carboxylic acids is 1. The van der Waals surface area contributed by atoms with Crippen molar-refractivity contribution in [1.82, 2.24) is 24.5 Å². The van der Waals surface area contributed by atoms with Gasteiger partial charge in [0.2, 0.25) is 0 Å². The Morgan fingerprint density at radius 3 is 2.59 bits per heavy atom. The first-order chi connectivity index (χ1) is 12.9. The summed E-state index contributed by atoms with van der Waals surface area (Å²) in [4.78, 5) is 18.1. The first kappa shape index (κ1) is 17.7. The third-order valence-electron chi connectivity index (χ3n) is 5.10. The second-order valence-electron chi connectivity index (χ2n) is 7.63. The molecule has 7 heteroatoms. The van der Waals surface area contributed by atoms with E-state index in [2.05, 4.69) is 29.4 Å². The molecule has 27 heavy (non-hydrogen) atoms. The van der Waals surface area contributed by atoms with Crippen molar-refractivity contribution in [3.63, 3.8) is 0 Å². The molecule has 1 aliphatic rings. The van der Waals surface area contributed by atoms with Gasteiger partial charge in [-0.25, -0.2) is 9.67 Å². The van der Waals surface area contributed by atoms with Gasteiger partial charge in [0.05, 0.1) is 28.0 Å². The van der Waals surface area contributed by atoms with Crippen LogP contribution in [0.4, 0.5) is 5.69 Å². The summed E-state index contributed by atoms with van der Waals surface area (Å²) in [6.07, 6.45) is 4.14. The molecule has 0 unspecified atom stereocenters. The van der Waals surface area contributed by atoms with Crippen LogP contribution in [0.15, 0.2) is 12.3 Å². The summed E-state index contributed by atoms with van der Waals surface area (Å²) < 4.78 is 3.75. The molecule has 1 fully saturated rings. The molecular weight excluding hydrogens is 340 g/mol. The SMILES string of the molecule is CCn1cc(NC(=O)c2cc(C3CC3)nc3c2c(C)nn3C(C)C)c(C)n1. The van der Waals surface area contributed by atoms with Gasteiger partial charge in [0.25, 0.3) is 5.91 Å². The van der Waals surface area contributed by atoms with Crippen LogP contribution in [0.3, 0.4) is 0 Å². The lowest BCUT2D eigenvalue weighted by Gasteiger charge is -2.10. The molecule has 3 heterocycles. The number of anilines is 1. The molecule has 1 N–H and O–H groups in total.